The van der Waals surface area contributed by atoms with Crippen LogP contribution in [0.25, 0.3) is 0 Å². The lowest BCUT2D eigenvalue weighted by Gasteiger charge is -2.47. The molecular formula is C16H34N4O2. The second-order valence-electron chi connectivity index (χ2n) is 7.81. The molecule has 0 bridgehead atoms. The van der Waals surface area contributed by atoms with E-state index in [0.29, 0.717) is 19.1 Å². The highest BCUT2D eigenvalue weighted by molar-refractivity contribution is 5.67. The van der Waals surface area contributed by atoms with Crippen molar-refractivity contribution in [2.45, 2.75) is 58.2 Å². The van der Waals surface area contributed by atoms with E-state index in [-0.39, 0.29) is 11.6 Å². The van der Waals surface area contributed by atoms with Crippen molar-refractivity contribution in [2.24, 2.45) is 5.73 Å². The van der Waals surface area contributed by atoms with Crippen molar-refractivity contribution in [1.29, 1.82) is 0 Å². The quantitative estimate of drug-likeness (QED) is 0.799. The Bertz CT molecular complexity index is 366. The van der Waals surface area contributed by atoms with Crippen LogP contribution < -0.4 is 11.1 Å². The predicted octanol–water partition coefficient (Wildman–Crippen LogP) is 1.25. The van der Waals surface area contributed by atoms with Gasteiger partial charge < -0.3 is 15.8 Å². The van der Waals surface area contributed by atoms with E-state index >= 15 is 0 Å². The Hall–Kier alpha value is -0.850. The SMILES string of the molecule is CN1CCN(C(CN)CCNC(=O)OC(C)(C)C)CC1(C)C. The summed E-state index contributed by atoms with van der Waals surface area (Å²) in [4.78, 5) is 16.5. The summed E-state index contributed by atoms with van der Waals surface area (Å²) >= 11 is 0. The number of ether oxygens (including phenoxy) is 1. The lowest BCUT2D eigenvalue weighted by atomic mass is 9.97. The van der Waals surface area contributed by atoms with Gasteiger partial charge in [0.05, 0.1) is 0 Å². The van der Waals surface area contributed by atoms with Crippen molar-refractivity contribution in [3.63, 3.8) is 0 Å². The van der Waals surface area contributed by atoms with Gasteiger partial charge in [0.1, 0.15) is 5.60 Å². The van der Waals surface area contributed by atoms with Crippen LogP contribution >= 0.6 is 0 Å². The number of likely N-dealkylation sites (N-methyl/N-ethyl adjacent to an activating group) is 1. The van der Waals surface area contributed by atoms with E-state index in [9.17, 15) is 4.79 Å². The summed E-state index contributed by atoms with van der Waals surface area (Å²) in [5, 5.41) is 2.82. The molecule has 6 heteroatoms. The number of nitrogens with one attached hydrogen (secondary N) is 1. The van der Waals surface area contributed by atoms with Gasteiger partial charge in [-0.05, 0) is 48.1 Å². The van der Waals surface area contributed by atoms with E-state index in [2.05, 4.69) is 36.0 Å². The molecule has 0 spiro atoms. The first-order valence-corrected chi connectivity index (χ1v) is 8.17. The van der Waals surface area contributed by atoms with Gasteiger partial charge in [-0.3, -0.25) is 9.80 Å². The molecule has 0 aromatic carbocycles. The number of hydrogen-bond donors (Lipinski definition) is 2. The maximum Gasteiger partial charge on any atom is 0.407 e. The molecule has 1 aliphatic heterocycles. The number of rotatable bonds is 5. The maximum atomic E-state index is 11.7. The fraction of sp³-hybridized carbons (Fsp3) is 0.938. The van der Waals surface area contributed by atoms with Crippen molar-refractivity contribution >= 4 is 6.09 Å². The minimum absolute atomic E-state index is 0.157. The van der Waals surface area contributed by atoms with Gasteiger partial charge in [0.15, 0.2) is 0 Å². The van der Waals surface area contributed by atoms with Crippen LogP contribution in [0.5, 0.6) is 0 Å². The maximum absolute atomic E-state index is 11.7. The second-order valence-corrected chi connectivity index (χ2v) is 7.81. The number of carbonyl (C=O) groups excluding carboxylic acids is 1. The molecule has 3 N–H and O–H groups in total. The van der Waals surface area contributed by atoms with Crippen molar-refractivity contribution < 1.29 is 9.53 Å². The molecule has 1 atom stereocenters. The number of piperazine rings is 1. The van der Waals surface area contributed by atoms with Gasteiger partial charge in [-0.2, -0.15) is 0 Å². The number of alkyl carbamates (subject to hydrolysis) is 1. The van der Waals surface area contributed by atoms with E-state index in [1.807, 2.05) is 20.8 Å². The molecule has 1 saturated heterocycles. The smallest absolute Gasteiger partial charge is 0.407 e. The summed E-state index contributed by atoms with van der Waals surface area (Å²) in [5.74, 6) is 0. The first kappa shape index (κ1) is 19.2. The minimum Gasteiger partial charge on any atom is -0.444 e. The van der Waals surface area contributed by atoms with Crippen LogP contribution in [-0.2, 0) is 4.74 Å². The summed E-state index contributed by atoms with van der Waals surface area (Å²) < 4.78 is 5.24. The lowest BCUT2D eigenvalue weighted by molar-refractivity contribution is 0.0161. The van der Waals surface area contributed by atoms with Crippen LogP contribution in [0.2, 0.25) is 0 Å². The Morgan fingerprint density at radius 2 is 2.00 bits per heavy atom. The van der Waals surface area contributed by atoms with Gasteiger partial charge >= 0.3 is 6.09 Å². The second kappa shape index (κ2) is 7.62. The van der Waals surface area contributed by atoms with E-state index in [1.165, 1.54) is 0 Å². The number of hydrogen-bond acceptors (Lipinski definition) is 5. The van der Waals surface area contributed by atoms with Crippen LogP contribution in [0.15, 0.2) is 0 Å². The van der Waals surface area contributed by atoms with Crippen molar-refractivity contribution in [1.82, 2.24) is 15.1 Å². The van der Waals surface area contributed by atoms with Gasteiger partial charge in [-0.15, -0.1) is 0 Å². The average molecular weight is 314 g/mol. The first-order valence-electron chi connectivity index (χ1n) is 8.17. The molecule has 22 heavy (non-hydrogen) atoms. The van der Waals surface area contributed by atoms with E-state index in [4.69, 9.17) is 10.5 Å². The Morgan fingerprint density at radius 1 is 1.36 bits per heavy atom. The Labute approximate surface area is 135 Å². The predicted molar refractivity (Wildman–Crippen MR) is 90.0 cm³/mol. The minimum atomic E-state index is -0.459. The lowest BCUT2D eigenvalue weighted by Crippen LogP contribution is -2.61. The number of nitrogens with zero attached hydrogens (tertiary/aromatic N) is 2. The van der Waals surface area contributed by atoms with E-state index < -0.39 is 5.60 Å². The third kappa shape index (κ3) is 6.10. The average Bonchev–Trinajstić information content (AvgIpc) is 2.36. The molecule has 0 aromatic heterocycles. The molecule has 1 heterocycles. The highest BCUT2D eigenvalue weighted by Gasteiger charge is 2.33. The van der Waals surface area contributed by atoms with Gasteiger partial charge in [0, 0.05) is 44.3 Å². The Morgan fingerprint density at radius 3 is 2.50 bits per heavy atom. The van der Waals surface area contributed by atoms with Gasteiger partial charge in [0.25, 0.3) is 0 Å². The molecule has 0 radical (unpaired) electrons. The zero-order valence-corrected chi connectivity index (χ0v) is 15.1. The largest absolute Gasteiger partial charge is 0.444 e. The Balaban J connectivity index is 2.41. The zero-order chi connectivity index (χ0) is 17.0. The normalized spacial score (nSPS) is 21.4. The van der Waals surface area contributed by atoms with Gasteiger partial charge in [0.2, 0.25) is 0 Å². The van der Waals surface area contributed by atoms with Crippen LogP contribution in [0, 0.1) is 0 Å². The van der Waals surface area contributed by atoms with E-state index in [0.717, 1.165) is 26.1 Å². The molecule has 0 aliphatic carbocycles. The molecule has 0 aromatic rings. The fourth-order valence-electron chi connectivity index (χ4n) is 2.69. The molecule has 1 amide bonds. The highest BCUT2D eigenvalue weighted by atomic mass is 16.6. The topological polar surface area (TPSA) is 70.8 Å². The third-order valence-electron chi connectivity index (χ3n) is 4.28. The summed E-state index contributed by atoms with van der Waals surface area (Å²) in [5.41, 5.74) is 5.64. The monoisotopic (exact) mass is 314 g/mol. The molecule has 130 valence electrons. The van der Waals surface area contributed by atoms with Gasteiger partial charge in [-0.1, -0.05) is 0 Å². The van der Waals surface area contributed by atoms with Crippen LogP contribution in [0.1, 0.15) is 41.0 Å². The van der Waals surface area contributed by atoms with Crippen LogP contribution in [-0.4, -0.2) is 72.8 Å². The molecule has 1 fully saturated rings. The fourth-order valence-corrected chi connectivity index (χ4v) is 2.69. The number of amides is 1. The number of nitrogens with two attached hydrogens (primary N) is 1. The molecule has 1 rings (SSSR count). The summed E-state index contributed by atoms with van der Waals surface area (Å²) in [6.45, 7) is 14.4. The van der Waals surface area contributed by atoms with Crippen LogP contribution in [0.3, 0.4) is 0 Å². The molecule has 0 saturated carbocycles. The molecule has 6 nitrogen and oxygen atoms in total. The molecule has 1 aliphatic rings. The van der Waals surface area contributed by atoms with Crippen molar-refractivity contribution in [3.8, 4) is 0 Å². The summed E-state index contributed by atoms with van der Waals surface area (Å²) in [6, 6.07) is 0.294. The van der Waals surface area contributed by atoms with Crippen LogP contribution in [0.4, 0.5) is 4.79 Å². The zero-order valence-electron chi connectivity index (χ0n) is 15.1. The Kier molecular flexibility index (Phi) is 6.65. The molecule has 1 unspecified atom stereocenters. The summed E-state index contributed by atoms with van der Waals surface area (Å²) in [7, 11) is 2.17. The van der Waals surface area contributed by atoms with E-state index in [1.54, 1.807) is 0 Å². The summed E-state index contributed by atoms with van der Waals surface area (Å²) in [6.07, 6.45) is 0.484. The van der Waals surface area contributed by atoms with Crippen molar-refractivity contribution in [3.05, 3.63) is 0 Å². The third-order valence-corrected chi connectivity index (χ3v) is 4.28. The standard InChI is InChI=1S/C16H34N4O2/c1-15(2,3)22-14(21)18-8-7-13(11-17)20-10-9-19(6)16(4,5)12-20/h13H,7-12,17H2,1-6H3,(H,18,21). The molecular weight excluding hydrogens is 280 g/mol. The first-order chi connectivity index (χ1) is 10.0. The highest BCUT2D eigenvalue weighted by Crippen LogP contribution is 2.21. The number of carbonyl (C=O) groups is 1. The van der Waals surface area contributed by atoms with Crippen molar-refractivity contribution in [2.75, 3.05) is 39.8 Å². The van der Waals surface area contributed by atoms with Gasteiger partial charge in [-0.25, -0.2) is 4.79 Å².